The summed E-state index contributed by atoms with van der Waals surface area (Å²) in [7, 11) is 0. The van der Waals surface area contributed by atoms with E-state index in [-0.39, 0.29) is 54.8 Å². The van der Waals surface area contributed by atoms with Crippen molar-refractivity contribution in [3.8, 4) is 0 Å². The second-order valence-corrected chi connectivity index (χ2v) is 2.56. The molecule has 0 aromatic heterocycles. The number of hydrogen-bond donors (Lipinski definition) is 0. The maximum Gasteiger partial charge on any atom is 0 e. The summed E-state index contributed by atoms with van der Waals surface area (Å²) in [6, 6.07) is 0. The fraction of sp³-hybridized carbons (Fsp3) is 0.364. The van der Waals surface area contributed by atoms with Crippen LogP contribution in [0.3, 0.4) is 0 Å². The minimum Gasteiger partial charge on any atom is -0.512 e. The van der Waals surface area contributed by atoms with E-state index in [9.17, 15) is 0 Å². The fourth-order valence-electron chi connectivity index (χ4n) is 0. The van der Waals surface area contributed by atoms with Crippen molar-refractivity contribution in [1.82, 2.24) is 0 Å². The Bertz CT molecular complexity index is 139. The van der Waals surface area contributed by atoms with Crippen LogP contribution in [-0.4, -0.2) is 37.7 Å². The topological polar surface area (TPSA) is 23.8 Å². The fourth-order valence-corrected chi connectivity index (χ4v) is 0. The second kappa shape index (κ2) is 36.6. The zero-order valence-electron chi connectivity index (χ0n) is 10.8. The smallest absolute Gasteiger partial charge is 0 e. The number of nitrogens with zero attached hydrogens (tertiary/aromatic N) is 1. The zero-order chi connectivity index (χ0) is 10.6. The molecule has 0 unspecified atom stereocenters. The van der Waals surface area contributed by atoms with Gasteiger partial charge in [-0.15, -0.1) is 27.7 Å². The molecule has 0 aliphatic heterocycles. The van der Waals surface area contributed by atoms with E-state index in [1.807, 2.05) is 39.8 Å². The largest absolute Gasteiger partial charge is 0.512 e. The van der Waals surface area contributed by atoms with Crippen LogP contribution in [-0.2, 0) is 17.1 Å². The van der Waals surface area contributed by atoms with Crippen molar-refractivity contribution in [3.05, 3.63) is 43.7 Å². The van der Waals surface area contributed by atoms with Crippen molar-refractivity contribution in [1.29, 1.82) is 5.26 Å². The summed E-state index contributed by atoms with van der Waals surface area (Å²) in [4.78, 5) is 0. The first-order valence-corrected chi connectivity index (χ1v) is 3.62. The number of allylic oxidation sites excluding steroid dienone is 4. The van der Waals surface area contributed by atoms with Crippen LogP contribution in [0.5, 0.6) is 0 Å². The van der Waals surface area contributed by atoms with Gasteiger partial charge in [0.05, 0.1) is 0 Å². The Morgan fingerprint density at radius 1 is 0.867 bits per heavy atom. The molecule has 0 amide bonds. The van der Waals surface area contributed by atoms with Crippen LogP contribution in [0.1, 0.15) is 27.7 Å². The Labute approximate surface area is 131 Å². The Morgan fingerprint density at radius 2 is 0.933 bits per heavy atom. The van der Waals surface area contributed by atoms with Crippen molar-refractivity contribution in [2.24, 2.45) is 0 Å². The van der Waals surface area contributed by atoms with E-state index in [0.29, 0.717) is 0 Å². The molecule has 0 bridgehead atoms. The third-order valence-electron chi connectivity index (χ3n) is 0.816. The van der Waals surface area contributed by atoms with Crippen LogP contribution in [0.15, 0.2) is 23.3 Å². The van der Waals surface area contributed by atoms with E-state index in [1.54, 1.807) is 0 Å². The Morgan fingerprint density at radius 3 is 0.933 bits per heavy atom. The summed E-state index contributed by atoms with van der Waals surface area (Å²) in [6.07, 6.45) is 3.67. The van der Waals surface area contributed by atoms with Crippen LogP contribution in [0.4, 0.5) is 0 Å². The minimum atomic E-state index is 0. The van der Waals surface area contributed by atoms with Crippen molar-refractivity contribution in [2.75, 3.05) is 0 Å². The van der Waals surface area contributed by atoms with Crippen molar-refractivity contribution >= 4 is 37.7 Å². The van der Waals surface area contributed by atoms with E-state index >= 15 is 0 Å². The van der Waals surface area contributed by atoms with E-state index in [0.717, 1.165) is 0 Å². The predicted molar refractivity (Wildman–Crippen MR) is 66.1 cm³/mol. The first-order chi connectivity index (χ1) is 5.54. The van der Waals surface area contributed by atoms with Gasteiger partial charge in [-0.25, -0.2) is 37.1 Å². The van der Waals surface area contributed by atoms with Gasteiger partial charge in [0.1, 0.15) is 0 Å². The monoisotopic (exact) mass is 241 g/mol. The van der Waals surface area contributed by atoms with Gasteiger partial charge in [-0.1, -0.05) is 0 Å². The molecular formula is C11H18CuLi2N-3. The molecule has 0 atom stereocenters. The summed E-state index contributed by atoms with van der Waals surface area (Å²) in [5, 5.41) is 6.25. The van der Waals surface area contributed by atoms with Crippen LogP contribution in [0.2, 0.25) is 0 Å². The summed E-state index contributed by atoms with van der Waals surface area (Å²) in [5.74, 6) is 0. The van der Waals surface area contributed by atoms with Gasteiger partial charge in [-0.2, -0.15) is 0 Å². The minimum absolute atomic E-state index is 0. The molecule has 4 heteroatoms. The number of hydrogen-bond acceptors (Lipinski definition) is 1. The molecule has 0 saturated heterocycles. The van der Waals surface area contributed by atoms with E-state index in [4.69, 9.17) is 11.8 Å². The molecule has 0 aliphatic rings. The van der Waals surface area contributed by atoms with Crippen LogP contribution >= 0.6 is 0 Å². The van der Waals surface area contributed by atoms with Crippen molar-refractivity contribution in [2.45, 2.75) is 27.7 Å². The molecule has 15 heavy (non-hydrogen) atoms. The number of rotatable bonds is 0. The third-order valence-corrected chi connectivity index (χ3v) is 0.816. The summed E-state index contributed by atoms with van der Waals surface area (Å²) >= 11 is 0. The molecule has 0 spiro atoms. The van der Waals surface area contributed by atoms with Gasteiger partial charge in [0.15, 0.2) is 0 Å². The van der Waals surface area contributed by atoms with Gasteiger partial charge in [0, 0.05) is 54.8 Å². The van der Waals surface area contributed by atoms with E-state index in [2.05, 4.69) is 13.8 Å². The summed E-state index contributed by atoms with van der Waals surface area (Å²) < 4.78 is 0. The maximum absolute atomic E-state index is 6.25. The standard InChI is InChI=1S/2C5H9.CN.Cu.2Li/c2*1-4-5(2)3;1-2;;;/h2*4H,1H2,2-3H3;;;;/q3*-1;;;. The van der Waals surface area contributed by atoms with Crippen molar-refractivity contribution < 1.29 is 17.1 Å². The second-order valence-electron chi connectivity index (χ2n) is 2.56. The molecular weight excluding hydrogens is 224 g/mol. The SMILES string of the molecule is [C-]#N.[CH2-]C=C(C)C.[CH2-]C=C(C)C.[Cu].[Li].[Li]. The molecule has 0 aromatic carbocycles. The van der Waals surface area contributed by atoms with Gasteiger partial charge in [-0.3, -0.25) is 0 Å². The molecule has 0 aromatic rings. The van der Waals surface area contributed by atoms with Crippen LogP contribution in [0, 0.1) is 25.7 Å². The average molecular weight is 242 g/mol. The van der Waals surface area contributed by atoms with Crippen molar-refractivity contribution in [3.63, 3.8) is 0 Å². The Balaban J connectivity index is -0.0000000197. The third kappa shape index (κ3) is 114. The maximum atomic E-state index is 6.25. The molecule has 0 rings (SSSR count). The van der Waals surface area contributed by atoms with Gasteiger partial charge in [-0.05, 0) is 0 Å². The molecule has 0 heterocycles. The molecule has 83 valence electrons. The average Bonchev–Trinajstić information content (AvgIpc) is 2.09. The molecule has 0 N–H and O–H groups in total. The van der Waals surface area contributed by atoms with E-state index < -0.39 is 0 Å². The Kier molecular flexibility index (Phi) is 88.2. The molecule has 1 nitrogen and oxygen atoms in total. The van der Waals surface area contributed by atoms with Gasteiger partial charge >= 0.3 is 0 Å². The normalized spacial score (nSPS) is 4.67. The molecule has 0 fully saturated rings. The van der Waals surface area contributed by atoms with Gasteiger partial charge < -0.3 is 11.8 Å². The van der Waals surface area contributed by atoms with Crippen LogP contribution in [0.25, 0.3) is 0 Å². The van der Waals surface area contributed by atoms with E-state index in [1.165, 1.54) is 11.1 Å². The summed E-state index contributed by atoms with van der Waals surface area (Å²) in [6.45, 7) is 19.9. The van der Waals surface area contributed by atoms with Crippen LogP contribution < -0.4 is 0 Å². The first kappa shape index (κ1) is 36.1. The van der Waals surface area contributed by atoms with Gasteiger partial charge in [0.2, 0.25) is 0 Å². The Hall–Kier alpha value is 0.424. The quantitative estimate of drug-likeness (QED) is 0.473. The predicted octanol–water partition coefficient (Wildman–Crippen LogP) is 2.91. The first-order valence-electron chi connectivity index (χ1n) is 3.62. The molecule has 0 aliphatic carbocycles. The molecule has 0 saturated carbocycles. The van der Waals surface area contributed by atoms with Gasteiger partial charge in [0.25, 0.3) is 0 Å². The summed E-state index contributed by atoms with van der Waals surface area (Å²) in [5.41, 5.74) is 2.54. The molecule has 3 radical (unpaired) electrons. The zero-order valence-corrected chi connectivity index (χ0v) is 11.8.